The third kappa shape index (κ3) is 3.66. The maximum Gasteiger partial charge on any atom is 0.294 e. The van der Waals surface area contributed by atoms with E-state index >= 15 is 0 Å². The van der Waals surface area contributed by atoms with Crippen LogP contribution in [-0.4, -0.2) is 42.4 Å². The van der Waals surface area contributed by atoms with Crippen LogP contribution >= 0.6 is 15.9 Å². The van der Waals surface area contributed by atoms with Crippen LogP contribution in [0.25, 0.3) is 33.5 Å². The third-order valence-electron chi connectivity index (χ3n) is 4.85. The molecule has 1 atom stereocenters. The van der Waals surface area contributed by atoms with Crippen molar-refractivity contribution in [1.82, 2.24) is 15.3 Å². The largest absolute Gasteiger partial charge is 0.491 e. The van der Waals surface area contributed by atoms with Gasteiger partial charge in [-0.2, -0.15) is 0 Å². The van der Waals surface area contributed by atoms with Gasteiger partial charge in [0.05, 0.1) is 6.61 Å². The number of aromatic nitrogens is 2. The molecule has 0 radical (unpaired) electrons. The lowest BCUT2D eigenvalue weighted by molar-refractivity contribution is 0.000198. The molecule has 1 aliphatic heterocycles. The molecule has 5 rings (SSSR count). The van der Waals surface area contributed by atoms with Gasteiger partial charge in [-0.15, -0.1) is 0 Å². The molecule has 3 heterocycles. The van der Waals surface area contributed by atoms with Gasteiger partial charge < -0.3 is 24.2 Å². The Labute approximate surface area is 174 Å². The standard InChI is InChI=1S/C21H18BrN3O4/c22-13-3-6-17-16(9-13)18-19(29-17)21(26)25-20(24-18)12-1-4-14(5-2-12)28-11-15-10-23-7-8-27-15/h1-6,9,15,23H,7-8,10-11H2,(H,24,25,26). The summed E-state index contributed by atoms with van der Waals surface area (Å²) in [6.45, 7) is 2.86. The van der Waals surface area contributed by atoms with Gasteiger partial charge in [0.15, 0.2) is 0 Å². The first-order valence-electron chi connectivity index (χ1n) is 9.35. The smallest absolute Gasteiger partial charge is 0.294 e. The fraction of sp³-hybridized carbons (Fsp3) is 0.238. The predicted molar refractivity (Wildman–Crippen MR) is 113 cm³/mol. The zero-order valence-corrected chi connectivity index (χ0v) is 17.0. The van der Waals surface area contributed by atoms with Gasteiger partial charge in [0.25, 0.3) is 5.56 Å². The maximum absolute atomic E-state index is 12.5. The van der Waals surface area contributed by atoms with Crippen molar-refractivity contribution in [3.8, 4) is 17.1 Å². The number of benzene rings is 2. The Kier molecular flexibility index (Phi) is 4.83. The van der Waals surface area contributed by atoms with Gasteiger partial charge in [-0.1, -0.05) is 15.9 Å². The highest BCUT2D eigenvalue weighted by molar-refractivity contribution is 9.10. The number of nitrogens with one attached hydrogen (secondary N) is 2. The Morgan fingerprint density at radius 2 is 2.07 bits per heavy atom. The van der Waals surface area contributed by atoms with Gasteiger partial charge in [-0.25, -0.2) is 4.98 Å². The number of H-pyrrole nitrogens is 1. The van der Waals surface area contributed by atoms with E-state index in [-0.39, 0.29) is 17.2 Å². The van der Waals surface area contributed by atoms with Crippen molar-refractivity contribution in [2.75, 3.05) is 26.3 Å². The van der Waals surface area contributed by atoms with Gasteiger partial charge in [-0.3, -0.25) is 4.79 Å². The van der Waals surface area contributed by atoms with Crippen LogP contribution in [0.4, 0.5) is 0 Å². The summed E-state index contributed by atoms with van der Waals surface area (Å²) in [6, 6.07) is 13.1. The Morgan fingerprint density at radius 3 is 2.86 bits per heavy atom. The third-order valence-corrected chi connectivity index (χ3v) is 5.35. The van der Waals surface area contributed by atoms with Crippen LogP contribution < -0.4 is 15.6 Å². The van der Waals surface area contributed by atoms with E-state index in [1.54, 1.807) is 0 Å². The number of hydrogen-bond acceptors (Lipinski definition) is 6. The summed E-state index contributed by atoms with van der Waals surface area (Å²) in [4.78, 5) is 20.0. The molecule has 1 unspecified atom stereocenters. The molecular weight excluding hydrogens is 438 g/mol. The summed E-state index contributed by atoms with van der Waals surface area (Å²) in [5.41, 5.74) is 1.88. The summed E-state index contributed by atoms with van der Waals surface area (Å²) >= 11 is 3.45. The molecule has 2 aromatic heterocycles. The second kappa shape index (κ2) is 7.62. The number of halogens is 1. The highest BCUT2D eigenvalue weighted by Crippen LogP contribution is 2.29. The number of furan rings is 1. The molecule has 7 nitrogen and oxygen atoms in total. The average molecular weight is 456 g/mol. The molecule has 29 heavy (non-hydrogen) atoms. The van der Waals surface area contributed by atoms with Crippen molar-refractivity contribution < 1.29 is 13.9 Å². The molecule has 0 amide bonds. The normalized spacial score (nSPS) is 17.1. The van der Waals surface area contributed by atoms with Gasteiger partial charge >= 0.3 is 0 Å². The second-order valence-electron chi connectivity index (χ2n) is 6.87. The average Bonchev–Trinajstić information content (AvgIpc) is 3.12. The van der Waals surface area contributed by atoms with Gasteiger partial charge in [-0.05, 0) is 42.5 Å². The van der Waals surface area contributed by atoms with Crippen molar-refractivity contribution >= 4 is 38.0 Å². The number of rotatable bonds is 4. The highest BCUT2D eigenvalue weighted by Gasteiger charge is 2.16. The van der Waals surface area contributed by atoms with Gasteiger partial charge in [0, 0.05) is 28.5 Å². The van der Waals surface area contributed by atoms with Crippen molar-refractivity contribution in [3.05, 3.63) is 57.3 Å². The van der Waals surface area contributed by atoms with Crippen molar-refractivity contribution in [2.24, 2.45) is 0 Å². The number of fused-ring (bicyclic) bond motifs is 3. The monoisotopic (exact) mass is 455 g/mol. The number of nitrogens with zero attached hydrogens (tertiary/aromatic N) is 1. The molecule has 8 heteroatoms. The van der Waals surface area contributed by atoms with E-state index in [1.165, 1.54) is 0 Å². The first-order chi connectivity index (χ1) is 14.2. The number of hydrogen-bond donors (Lipinski definition) is 2. The molecule has 0 saturated carbocycles. The van der Waals surface area contributed by atoms with E-state index in [0.29, 0.717) is 30.1 Å². The lowest BCUT2D eigenvalue weighted by atomic mass is 10.2. The second-order valence-corrected chi connectivity index (χ2v) is 7.78. The topological polar surface area (TPSA) is 89.4 Å². The van der Waals surface area contributed by atoms with Crippen LogP contribution in [-0.2, 0) is 4.74 Å². The highest BCUT2D eigenvalue weighted by atomic mass is 79.9. The lowest BCUT2D eigenvalue weighted by Crippen LogP contribution is -2.41. The minimum Gasteiger partial charge on any atom is -0.491 e. The van der Waals surface area contributed by atoms with E-state index < -0.39 is 0 Å². The molecule has 1 aliphatic rings. The minimum atomic E-state index is -0.306. The molecule has 0 spiro atoms. The minimum absolute atomic E-state index is 0.0533. The van der Waals surface area contributed by atoms with Gasteiger partial charge in [0.1, 0.15) is 35.4 Å². The molecule has 1 fully saturated rings. The van der Waals surface area contributed by atoms with Crippen LogP contribution in [0.15, 0.2) is 56.1 Å². The molecule has 0 aliphatic carbocycles. The van der Waals surface area contributed by atoms with Crippen LogP contribution in [0, 0.1) is 0 Å². The molecule has 2 N–H and O–H groups in total. The van der Waals surface area contributed by atoms with Crippen LogP contribution in [0.1, 0.15) is 0 Å². The zero-order chi connectivity index (χ0) is 19.8. The summed E-state index contributed by atoms with van der Waals surface area (Å²) in [5.74, 6) is 1.22. The summed E-state index contributed by atoms with van der Waals surface area (Å²) < 4.78 is 18.0. The SMILES string of the molecule is O=c1[nH]c(-c2ccc(OCC3CNCCO3)cc2)nc2c1oc1ccc(Br)cc12. The summed E-state index contributed by atoms with van der Waals surface area (Å²) in [7, 11) is 0. The number of ether oxygens (including phenoxy) is 2. The van der Waals surface area contributed by atoms with Crippen LogP contribution in [0.3, 0.4) is 0 Å². The van der Waals surface area contributed by atoms with Crippen LogP contribution in [0.2, 0.25) is 0 Å². The molecular formula is C21H18BrN3O4. The fourth-order valence-electron chi connectivity index (χ4n) is 3.39. The summed E-state index contributed by atoms with van der Waals surface area (Å²) in [6.07, 6.45) is 0.0533. The van der Waals surface area contributed by atoms with E-state index in [4.69, 9.17) is 13.9 Å². The Bertz CT molecular complexity index is 1230. The Hall–Kier alpha value is -2.68. The molecule has 148 valence electrons. The first kappa shape index (κ1) is 18.4. The van der Waals surface area contributed by atoms with Gasteiger partial charge in [0.2, 0.25) is 5.58 Å². The summed E-state index contributed by atoms with van der Waals surface area (Å²) in [5, 5.41) is 4.07. The van der Waals surface area contributed by atoms with E-state index in [0.717, 1.165) is 34.3 Å². The molecule has 2 aromatic carbocycles. The van der Waals surface area contributed by atoms with E-state index in [9.17, 15) is 4.79 Å². The lowest BCUT2D eigenvalue weighted by Gasteiger charge is -2.23. The molecule has 1 saturated heterocycles. The fourth-order valence-corrected chi connectivity index (χ4v) is 3.75. The molecule has 4 aromatic rings. The predicted octanol–water partition coefficient (Wildman–Crippen LogP) is 3.47. The number of aromatic amines is 1. The van der Waals surface area contributed by atoms with Crippen molar-refractivity contribution in [2.45, 2.75) is 6.10 Å². The van der Waals surface area contributed by atoms with E-state index in [1.807, 2.05) is 42.5 Å². The quantitative estimate of drug-likeness (QED) is 0.489. The Morgan fingerprint density at radius 1 is 1.21 bits per heavy atom. The zero-order valence-electron chi connectivity index (χ0n) is 15.4. The van der Waals surface area contributed by atoms with Crippen molar-refractivity contribution in [1.29, 1.82) is 0 Å². The Balaban J connectivity index is 1.43. The molecule has 0 bridgehead atoms. The number of morpholine rings is 1. The van der Waals surface area contributed by atoms with E-state index in [2.05, 4.69) is 31.2 Å². The first-order valence-corrected chi connectivity index (χ1v) is 10.1. The maximum atomic E-state index is 12.5. The van der Waals surface area contributed by atoms with Crippen molar-refractivity contribution in [3.63, 3.8) is 0 Å². The van der Waals surface area contributed by atoms with Crippen LogP contribution in [0.5, 0.6) is 5.75 Å².